The van der Waals surface area contributed by atoms with Crippen molar-refractivity contribution in [3.8, 4) is 11.5 Å². The molecule has 3 nitrogen and oxygen atoms in total. The standard InChI is InChI=1S/C11H14N2OS/c1-3-12-7-10-13-11(8(2)15-10)9-5-4-6-14-9/h4-6,12H,3,7H2,1-2H3. The Bertz CT molecular complexity index is 420. The molecule has 0 unspecified atom stereocenters. The number of rotatable bonds is 4. The first-order chi connectivity index (χ1) is 7.31. The van der Waals surface area contributed by atoms with E-state index in [4.69, 9.17) is 4.42 Å². The zero-order valence-corrected chi connectivity index (χ0v) is 9.73. The Morgan fingerprint density at radius 2 is 2.40 bits per heavy atom. The quantitative estimate of drug-likeness (QED) is 0.864. The third kappa shape index (κ3) is 2.27. The second-order valence-corrected chi connectivity index (χ2v) is 4.56. The van der Waals surface area contributed by atoms with E-state index < -0.39 is 0 Å². The molecule has 0 atom stereocenters. The molecule has 0 radical (unpaired) electrons. The summed E-state index contributed by atoms with van der Waals surface area (Å²) in [7, 11) is 0. The number of nitrogens with one attached hydrogen (secondary N) is 1. The number of nitrogens with zero attached hydrogens (tertiary/aromatic N) is 1. The highest BCUT2D eigenvalue weighted by atomic mass is 32.1. The molecule has 0 bridgehead atoms. The van der Waals surface area contributed by atoms with Crippen molar-refractivity contribution in [2.45, 2.75) is 20.4 Å². The highest BCUT2D eigenvalue weighted by Crippen LogP contribution is 2.27. The Morgan fingerprint density at radius 3 is 3.07 bits per heavy atom. The van der Waals surface area contributed by atoms with Crippen LogP contribution in [0.2, 0.25) is 0 Å². The van der Waals surface area contributed by atoms with Crippen molar-refractivity contribution in [3.63, 3.8) is 0 Å². The molecule has 0 saturated heterocycles. The van der Waals surface area contributed by atoms with Gasteiger partial charge in [0.05, 0.1) is 6.26 Å². The van der Waals surface area contributed by atoms with Crippen LogP contribution in [-0.2, 0) is 6.54 Å². The van der Waals surface area contributed by atoms with Gasteiger partial charge in [0.15, 0.2) is 5.76 Å². The van der Waals surface area contributed by atoms with Gasteiger partial charge < -0.3 is 9.73 Å². The topological polar surface area (TPSA) is 38.1 Å². The number of furan rings is 1. The van der Waals surface area contributed by atoms with Gasteiger partial charge in [0, 0.05) is 11.4 Å². The van der Waals surface area contributed by atoms with E-state index in [2.05, 4.69) is 24.1 Å². The van der Waals surface area contributed by atoms with E-state index in [1.54, 1.807) is 17.6 Å². The van der Waals surface area contributed by atoms with Crippen LogP contribution in [0.15, 0.2) is 22.8 Å². The van der Waals surface area contributed by atoms with Gasteiger partial charge in [-0.3, -0.25) is 0 Å². The van der Waals surface area contributed by atoms with Crippen LogP contribution in [-0.4, -0.2) is 11.5 Å². The maximum Gasteiger partial charge on any atom is 0.153 e. The summed E-state index contributed by atoms with van der Waals surface area (Å²) in [6, 6.07) is 3.83. The van der Waals surface area contributed by atoms with Gasteiger partial charge in [0.1, 0.15) is 10.7 Å². The summed E-state index contributed by atoms with van der Waals surface area (Å²) in [6.45, 7) is 5.97. The van der Waals surface area contributed by atoms with Crippen molar-refractivity contribution in [1.29, 1.82) is 0 Å². The fraction of sp³-hybridized carbons (Fsp3) is 0.364. The van der Waals surface area contributed by atoms with Crippen molar-refractivity contribution in [2.75, 3.05) is 6.54 Å². The van der Waals surface area contributed by atoms with Crippen molar-refractivity contribution in [3.05, 3.63) is 28.3 Å². The minimum Gasteiger partial charge on any atom is -0.463 e. The number of aryl methyl sites for hydroxylation is 1. The Balaban J connectivity index is 2.22. The lowest BCUT2D eigenvalue weighted by atomic mass is 10.3. The van der Waals surface area contributed by atoms with E-state index in [-0.39, 0.29) is 0 Å². The van der Waals surface area contributed by atoms with Gasteiger partial charge in [-0.1, -0.05) is 6.92 Å². The van der Waals surface area contributed by atoms with E-state index >= 15 is 0 Å². The van der Waals surface area contributed by atoms with Crippen LogP contribution in [0.5, 0.6) is 0 Å². The lowest BCUT2D eigenvalue weighted by Crippen LogP contribution is -2.11. The summed E-state index contributed by atoms with van der Waals surface area (Å²) in [5.74, 6) is 0.853. The number of hydrogen-bond acceptors (Lipinski definition) is 4. The molecule has 0 aromatic carbocycles. The molecule has 2 rings (SSSR count). The molecule has 15 heavy (non-hydrogen) atoms. The second kappa shape index (κ2) is 4.59. The maximum atomic E-state index is 5.34. The summed E-state index contributed by atoms with van der Waals surface area (Å²) < 4.78 is 5.34. The van der Waals surface area contributed by atoms with E-state index in [0.29, 0.717) is 0 Å². The number of thiazole rings is 1. The van der Waals surface area contributed by atoms with Crippen molar-refractivity contribution in [1.82, 2.24) is 10.3 Å². The Labute approximate surface area is 93.2 Å². The average Bonchev–Trinajstić information content (AvgIpc) is 2.83. The summed E-state index contributed by atoms with van der Waals surface area (Å²) in [5, 5.41) is 4.38. The maximum absolute atomic E-state index is 5.34. The smallest absolute Gasteiger partial charge is 0.153 e. The van der Waals surface area contributed by atoms with E-state index in [0.717, 1.165) is 29.6 Å². The average molecular weight is 222 g/mol. The van der Waals surface area contributed by atoms with Crippen LogP contribution in [0, 0.1) is 6.92 Å². The van der Waals surface area contributed by atoms with Gasteiger partial charge >= 0.3 is 0 Å². The molecular weight excluding hydrogens is 208 g/mol. The predicted molar refractivity (Wildman–Crippen MR) is 61.9 cm³/mol. The molecule has 80 valence electrons. The molecule has 1 N–H and O–H groups in total. The summed E-state index contributed by atoms with van der Waals surface area (Å²) in [6.07, 6.45) is 1.68. The van der Waals surface area contributed by atoms with E-state index in [9.17, 15) is 0 Å². The van der Waals surface area contributed by atoms with E-state index in [1.807, 2.05) is 12.1 Å². The van der Waals surface area contributed by atoms with Crippen molar-refractivity contribution >= 4 is 11.3 Å². The highest BCUT2D eigenvalue weighted by Gasteiger charge is 2.11. The Hall–Kier alpha value is -1.13. The molecule has 0 aliphatic rings. The Morgan fingerprint density at radius 1 is 1.53 bits per heavy atom. The van der Waals surface area contributed by atoms with Crippen LogP contribution < -0.4 is 5.32 Å². The molecule has 0 saturated carbocycles. The van der Waals surface area contributed by atoms with Gasteiger partial charge in [-0.05, 0) is 25.6 Å². The minimum atomic E-state index is 0.836. The zero-order valence-electron chi connectivity index (χ0n) is 8.91. The molecule has 2 aromatic heterocycles. The molecule has 4 heteroatoms. The predicted octanol–water partition coefficient (Wildman–Crippen LogP) is 2.82. The Kier molecular flexibility index (Phi) is 3.18. The van der Waals surface area contributed by atoms with Gasteiger partial charge in [0.2, 0.25) is 0 Å². The summed E-state index contributed by atoms with van der Waals surface area (Å²) >= 11 is 1.72. The molecule has 2 heterocycles. The first-order valence-corrected chi connectivity index (χ1v) is 5.83. The normalized spacial score (nSPS) is 10.8. The number of aromatic nitrogens is 1. The van der Waals surface area contributed by atoms with E-state index in [1.165, 1.54) is 4.88 Å². The number of hydrogen-bond donors (Lipinski definition) is 1. The van der Waals surface area contributed by atoms with Crippen LogP contribution in [0.4, 0.5) is 0 Å². The fourth-order valence-corrected chi connectivity index (χ4v) is 2.31. The van der Waals surface area contributed by atoms with Crippen LogP contribution in [0.25, 0.3) is 11.5 Å². The third-order valence-electron chi connectivity index (χ3n) is 2.12. The second-order valence-electron chi connectivity index (χ2n) is 3.27. The monoisotopic (exact) mass is 222 g/mol. The van der Waals surface area contributed by atoms with Gasteiger partial charge in [-0.2, -0.15) is 0 Å². The third-order valence-corrected chi connectivity index (χ3v) is 3.09. The molecule has 0 fully saturated rings. The molecular formula is C11H14N2OS. The molecule has 0 aliphatic heterocycles. The van der Waals surface area contributed by atoms with Gasteiger partial charge in [0.25, 0.3) is 0 Å². The van der Waals surface area contributed by atoms with Gasteiger partial charge in [-0.25, -0.2) is 4.98 Å². The summed E-state index contributed by atoms with van der Waals surface area (Å²) in [5.41, 5.74) is 0.970. The van der Waals surface area contributed by atoms with Crippen molar-refractivity contribution < 1.29 is 4.42 Å². The van der Waals surface area contributed by atoms with Crippen LogP contribution in [0.3, 0.4) is 0 Å². The largest absolute Gasteiger partial charge is 0.463 e. The zero-order chi connectivity index (χ0) is 10.7. The summed E-state index contributed by atoms with van der Waals surface area (Å²) in [4.78, 5) is 5.76. The lowest BCUT2D eigenvalue weighted by Gasteiger charge is -1.94. The molecule has 0 aliphatic carbocycles. The first kappa shape index (κ1) is 10.4. The lowest BCUT2D eigenvalue weighted by molar-refractivity contribution is 0.579. The molecule has 2 aromatic rings. The molecule has 0 spiro atoms. The van der Waals surface area contributed by atoms with Gasteiger partial charge in [-0.15, -0.1) is 11.3 Å². The fourth-order valence-electron chi connectivity index (χ4n) is 1.40. The van der Waals surface area contributed by atoms with Crippen LogP contribution in [0.1, 0.15) is 16.8 Å². The van der Waals surface area contributed by atoms with Crippen molar-refractivity contribution in [2.24, 2.45) is 0 Å². The van der Waals surface area contributed by atoms with Crippen LogP contribution >= 0.6 is 11.3 Å². The first-order valence-electron chi connectivity index (χ1n) is 5.02. The minimum absolute atomic E-state index is 0.836. The SMILES string of the molecule is CCNCc1nc(-c2ccco2)c(C)s1. The molecule has 0 amide bonds. The highest BCUT2D eigenvalue weighted by molar-refractivity contribution is 7.12.